The number of carbonyl (C=O) groups is 1. The van der Waals surface area contributed by atoms with Gasteiger partial charge in [-0.05, 0) is 57.6 Å². The number of likely N-dealkylation sites (tertiary alicyclic amines) is 1. The molecule has 164 valence electrons. The fraction of sp³-hybridized carbons (Fsp3) is 0.696. The topological polar surface area (TPSA) is 67.2 Å². The van der Waals surface area contributed by atoms with Gasteiger partial charge in [-0.15, -0.1) is 11.3 Å². The lowest BCUT2D eigenvalue weighted by atomic mass is 10.00. The van der Waals surface area contributed by atoms with Crippen molar-refractivity contribution in [3.63, 3.8) is 0 Å². The number of piperidine rings is 1. The van der Waals surface area contributed by atoms with Gasteiger partial charge >= 0.3 is 0 Å². The molecule has 4 heterocycles. The van der Waals surface area contributed by atoms with Gasteiger partial charge in [0.2, 0.25) is 0 Å². The quantitative estimate of drug-likeness (QED) is 0.707. The minimum Gasteiger partial charge on any atom is -0.351 e. The molecule has 1 atom stereocenters. The third-order valence-electron chi connectivity index (χ3n) is 6.75. The number of hydrogen-bond donors (Lipinski definition) is 1. The number of fused-ring (bicyclic) bond motifs is 2. The lowest BCUT2D eigenvalue weighted by Gasteiger charge is -2.35. The van der Waals surface area contributed by atoms with Crippen molar-refractivity contribution >= 4 is 27.5 Å². The van der Waals surface area contributed by atoms with Gasteiger partial charge in [-0.1, -0.05) is 19.8 Å². The van der Waals surface area contributed by atoms with Gasteiger partial charge in [0.15, 0.2) is 0 Å². The van der Waals surface area contributed by atoms with E-state index in [1.807, 2.05) is 11.5 Å². The summed E-state index contributed by atoms with van der Waals surface area (Å²) in [5.41, 5.74) is 0.812. The van der Waals surface area contributed by atoms with Gasteiger partial charge < -0.3 is 10.2 Å². The maximum Gasteiger partial charge on any atom is 0.262 e. The largest absolute Gasteiger partial charge is 0.351 e. The number of nitrogens with one attached hydrogen (secondary N) is 1. The molecule has 2 aliphatic heterocycles. The van der Waals surface area contributed by atoms with Gasteiger partial charge in [0.25, 0.3) is 11.5 Å². The number of rotatable bonds is 6. The molecule has 1 amide bonds. The van der Waals surface area contributed by atoms with Crippen LogP contribution in [0.5, 0.6) is 0 Å². The van der Waals surface area contributed by atoms with Crippen LogP contribution in [0.4, 0.5) is 0 Å². The Kier molecular flexibility index (Phi) is 6.88. The summed E-state index contributed by atoms with van der Waals surface area (Å²) in [4.78, 5) is 34.6. The number of aromatic nitrogens is 2. The third-order valence-corrected chi connectivity index (χ3v) is 7.93. The SMILES string of the molecule is CCC1CCCCN1CCCNC(=O)c1sc2nc3n(c(=O)c2c1C)CCCCC3. The highest BCUT2D eigenvalue weighted by Crippen LogP contribution is 2.28. The molecule has 1 fully saturated rings. The van der Waals surface area contributed by atoms with E-state index in [9.17, 15) is 9.59 Å². The Bertz CT molecular complexity index is 964. The number of carbonyl (C=O) groups excluding carboxylic acids is 1. The van der Waals surface area contributed by atoms with Crippen LogP contribution in [0.2, 0.25) is 0 Å². The van der Waals surface area contributed by atoms with Crippen LogP contribution in [-0.2, 0) is 13.0 Å². The summed E-state index contributed by atoms with van der Waals surface area (Å²) in [6, 6.07) is 0.702. The number of aryl methyl sites for hydroxylation is 2. The maximum absolute atomic E-state index is 13.1. The van der Waals surface area contributed by atoms with E-state index in [2.05, 4.69) is 17.1 Å². The van der Waals surface area contributed by atoms with Crippen molar-refractivity contribution in [3.8, 4) is 0 Å². The minimum atomic E-state index is -0.0687. The first kappa shape index (κ1) is 21.5. The molecule has 1 unspecified atom stereocenters. The molecule has 2 aliphatic rings. The van der Waals surface area contributed by atoms with Gasteiger partial charge in [0.05, 0.1) is 10.3 Å². The van der Waals surface area contributed by atoms with E-state index < -0.39 is 0 Å². The summed E-state index contributed by atoms with van der Waals surface area (Å²) in [6.07, 6.45) is 10.2. The van der Waals surface area contributed by atoms with E-state index in [0.717, 1.165) is 61.4 Å². The molecule has 0 spiro atoms. The molecule has 1 N–H and O–H groups in total. The summed E-state index contributed by atoms with van der Waals surface area (Å²) in [5, 5.41) is 3.71. The Morgan fingerprint density at radius 1 is 1.20 bits per heavy atom. The molecule has 4 rings (SSSR count). The highest BCUT2D eigenvalue weighted by Gasteiger charge is 2.23. The smallest absolute Gasteiger partial charge is 0.262 e. The molecule has 0 radical (unpaired) electrons. The normalized spacial score (nSPS) is 20.1. The minimum absolute atomic E-state index is 0.0282. The monoisotopic (exact) mass is 430 g/mol. The zero-order valence-corrected chi connectivity index (χ0v) is 19.2. The standard InChI is InChI=1S/C23H34N4O2S/c1-3-17-10-6-8-13-26(17)14-9-12-24-21(28)20-16(2)19-22(30-20)25-18-11-5-4-7-15-27(18)23(19)29/h17H,3-15H2,1-2H3,(H,24,28). The zero-order chi connectivity index (χ0) is 21.1. The number of hydrogen-bond acceptors (Lipinski definition) is 5. The average Bonchev–Trinajstić information content (AvgIpc) is 2.92. The van der Waals surface area contributed by atoms with E-state index in [1.54, 1.807) is 0 Å². The molecule has 7 heteroatoms. The van der Waals surface area contributed by atoms with Crippen molar-refractivity contribution in [2.45, 2.75) is 84.2 Å². The molecule has 2 aromatic rings. The summed E-state index contributed by atoms with van der Waals surface area (Å²) in [5.74, 6) is 0.811. The van der Waals surface area contributed by atoms with Gasteiger partial charge in [0, 0.05) is 32.1 Å². The molecule has 0 saturated carbocycles. The van der Waals surface area contributed by atoms with Crippen LogP contribution in [0.1, 0.15) is 79.3 Å². The van der Waals surface area contributed by atoms with Crippen LogP contribution >= 0.6 is 11.3 Å². The predicted octanol–water partition coefficient (Wildman–Crippen LogP) is 3.88. The highest BCUT2D eigenvalue weighted by molar-refractivity contribution is 7.20. The third kappa shape index (κ3) is 4.33. The molecule has 0 bridgehead atoms. The number of amides is 1. The van der Waals surface area contributed by atoms with E-state index in [0.29, 0.717) is 22.8 Å². The fourth-order valence-corrected chi connectivity index (χ4v) is 6.11. The van der Waals surface area contributed by atoms with Gasteiger partial charge in [-0.3, -0.25) is 14.2 Å². The molecule has 6 nitrogen and oxygen atoms in total. The Labute approximate surface area is 182 Å². The number of nitrogens with zero attached hydrogens (tertiary/aromatic N) is 3. The molecule has 30 heavy (non-hydrogen) atoms. The van der Waals surface area contributed by atoms with E-state index in [-0.39, 0.29) is 11.5 Å². The van der Waals surface area contributed by atoms with Crippen molar-refractivity contribution in [2.75, 3.05) is 19.6 Å². The predicted molar refractivity (Wildman–Crippen MR) is 123 cm³/mol. The van der Waals surface area contributed by atoms with Crippen molar-refractivity contribution < 1.29 is 4.79 Å². The molecular formula is C23H34N4O2S. The Hall–Kier alpha value is -1.73. The maximum atomic E-state index is 13.1. The van der Waals surface area contributed by atoms with Crippen LogP contribution in [0.3, 0.4) is 0 Å². The molecule has 2 aromatic heterocycles. The van der Waals surface area contributed by atoms with Gasteiger partial charge in [0.1, 0.15) is 10.7 Å². The van der Waals surface area contributed by atoms with Crippen LogP contribution in [0.15, 0.2) is 4.79 Å². The summed E-state index contributed by atoms with van der Waals surface area (Å²) in [6.45, 7) is 7.79. The first-order chi connectivity index (χ1) is 14.6. The molecule has 0 aromatic carbocycles. The molecule has 0 aliphatic carbocycles. The molecular weight excluding hydrogens is 396 g/mol. The zero-order valence-electron chi connectivity index (χ0n) is 18.3. The van der Waals surface area contributed by atoms with E-state index in [4.69, 9.17) is 4.98 Å². The highest BCUT2D eigenvalue weighted by atomic mass is 32.1. The van der Waals surface area contributed by atoms with Gasteiger partial charge in [-0.25, -0.2) is 4.98 Å². The Morgan fingerprint density at radius 2 is 2.03 bits per heavy atom. The Morgan fingerprint density at radius 3 is 2.87 bits per heavy atom. The van der Waals surface area contributed by atoms with Crippen LogP contribution in [-0.4, -0.2) is 46.0 Å². The summed E-state index contributed by atoms with van der Waals surface area (Å²) >= 11 is 1.37. The van der Waals surface area contributed by atoms with E-state index in [1.165, 1.54) is 43.6 Å². The van der Waals surface area contributed by atoms with Crippen LogP contribution < -0.4 is 10.9 Å². The van der Waals surface area contributed by atoms with Crippen molar-refractivity contribution in [3.05, 3.63) is 26.6 Å². The molecule has 1 saturated heterocycles. The second-order valence-electron chi connectivity index (χ2n) is 8.74. The lowest BCUT2D eigenvalue weighted by Crippen LogP contribution is -2.40. The summed E-state index contributed by atoms with van der Waals surface area (Å²) < 4.78 is 1.83. The lowest BCUT2D eigenvalue weighted by molar-refractivity contribution is 0.0951. The van der Waals surface area contributed by atoms with E-state index >= 15 is 0 Å². The van der Waals surface area contributed by atoms with Crippen molar-refractivity contribution in [1.82, 2.24) is 19.8 Å². The Balaban J connectivity index is 1.43. The van der Waals surface area contributed by atoms with Crippen LogP contribution in [0, 0.1) is 6.92 Å². The average molecular weight is 431 g/mol. The fourth-order valence-electron chi connectivity index (χ4n) is 5.01. The van der Waals surface area contributed by atoms with Crippen molar-refractivity contribution in [2.24, 2.45) is 0 Å². The summed E-state index contributed by atoms with van der Waals surface area (Å²) in [7, 11) is 0. The van der Waals surface area contributed by atoms with Gasteiger partial charge in [-0.2, -0.15) is 0 Å². The second-order valence-corrected chi connectivity index (χ2v) is 9.73. The first-order valence-electron chi connectivity index (χ1n) is 11.6. The second kappa shape index (κ2) is 9.60. The first-order valence-corrected chi connectivity index (χ1v) is 12.5. The number of thiophene rings is 1. The van der Waals surface area contributed by atoms with Crippen LogP contribution in [0.25, 0.3) is 10.2 Å². The van der Waals surface area contributed by atoms with Crippen molar-refractivity contribution in [1.29, 1.82) is 0 Å².